The summed E-state index contributed by atoms with van der Waals surface area (Å²) in [5.41, 5.74) is 4.09. The summed E-state index contributed by atoms with van der Waals surface area (Å²) in [6.07, 6.45) is 1.71. The summed E-state index contributed by atoms with van der Waals surface area (Å²) in [5, 5.41) is 3.98. The van der Waals surface area contributed by atoms with Crippen molar-refractivity contribution < 1.29 is 19.1 Å². The molecule has 7 nitrogen and oxygen atoms in total. The maximum Gasteiger partial charge on any atom is 0.245 e. The van der Waals surface area contributed by atoms with Crippen molar-refractivity contribution in [1.29, 1.82) is 0 Å². The number of nitrogens with zero attached hydrogens (tertiary/aromatic N) is 2. The van der Waals surface area contributed by atoms with Gasteiger partial charge in [-0.25, -0.2) is 5.43 Å². The highest BCUT2D eigenvalue weighted by Crippen LogP contribution is 2.26. The van der Waals surface area contributed by atoms with Gasteiger partial charge in [-0.3, -0.25) is 9.59 Å². The number of rotatable bonds is 6. The van der Waals surface area contributed by atoms with E-state index in [9.17, 15) is 9.59 Å². The van der Waals surface area contributed by atoms with Crippen molar-refractivity contribution in [1.82, 2.24) is 5.43 Å². The fourth-order valence-electron chi connectivity index (χ4n) is 2.85. The lowest BCUT2D eigenvalue weighted by Crippen LogP contribution is -2.30. The molecular formula is C20H21N3O4. The Morgan fingerprint density at radius 2 is 1.67 bits per heavy atom. The zero-order chi connectivity index (χ0) is 19.2. The van der Waals surface area contributed by atoms with Crippen LogP contribution in [0.1, 0.15) is 12.0 Å². The Morgan fingerprint density at radius 1 is 1.07 bits per heavy atom. The van der Waals surface area contributed by atoms with Crippen LogP contribution in [-0.4, -0.2) is 38.8 Å². The lowest BCUT2D eigenvalue weighted by Gasteiger charge is -2.16. The van der Waals surface area contributed by atoms with Crippen LogP contribution >= 0.6 is 0 Å². The minimum absolute atomic E-state index is 0.0838. The van der Waals surface area contributed by atoms with Crippen LogP contribution in [0.3, 0.4) is 0 Å². The molecule has 2 amide bonds. The second-order valence-electron chi connectivity index (χ2n) is 6.11. The van der Waals surface area contributed by atoms with E-state index in [-0.39, 0.29) is 18.2 Å². The molecule has 1 aliphatic heterocycles. The van der Waals surface area contributed by atoms with Crippen LogP contribution in [0.15, 0.2) is 53.6 Å². The third-order valence-corrected chi connectivity index (χ3v) is 4.38. The van der Waals surface area contributed by atoms with Crippen LogP contribution in [0.5, 0.6) is 11.5 Å². The molecule has 0 aliphatic carbocycles. The molecule has 1 heterocycles. The fraction of sp³-hybridized carbons (Fsp3) is 0.250. The fourth-order valence-corrected chi connectivity index (χ4v) is 2.85. The van der Waals surface area contributed by atoms with Gasteiger partial charge in [0, 0.05) is 18.7 Å². The van der Waals surface area contributed by atoms with E-state index in [0.29, 0.717) is 12.3 Å². The van der Waals surface area contributed by atoms with Crippen LogP contribution in [0.25, 0.3) is 0 Å². The van der Waals surface area contributed by atoms with E-state index in [1.807, 2.05) is 24.3 Å². The Morgan fingerprint density at radius 3 is 2.26 bits per heavy atom. The zero-order valence-corrected chi connectivity index (χ0v) is 15.2. The van der Waals surface area contributed by atoms with E-state index in [2.05, 4.69) is 10.5 Å². The highest BCUT2D eigenvalue weighted by atomic mass is 16.5. The minimum Gasteiger partial charge on any atom is -0.497 e. The summed E-state index contributed by atoms with van der Waals surface area (Å²) in [7, 11) is 3.18. The minimum atomic E-state index is -0.437. The molecule has 2 aromatic carbocycles. The van der Waals surface area contributed by atoms with Crippen molar-refractivity contribution in [2.24, 2.45) is 11.0 Å². The van der Waals surface area contributed by atoms with Gasteiger partial charge in [-0.05, 0) is 54.1 Å². The van der Waals surface area contributed by atoms with Crippen LogP contribution in [-0.2, 0) is 9.59 Å². The Bertz CT molecular complexity index is 831. The van der Waals surface area contributed by atoms with Crippen molar-refractivity contribution in [3.8, 4) is 11.5 Å². The molecule has 3 rings (SSSR count). The van der Waals surface area contributed by atoms with Gasteiger partial charge < -0.3 is 14.4 Å². The first-order valence-electron chi connectivity index (χ1n) is 8.52. The van der Waals surface area contributed by atoms with Crippen molar-refractivity contribution in [2.75, 3.05) is 25.7 Å². The topological polar surface area (TPSA) is 80.2 Å². The molecule has 1 aliphatic rings. The number of methoxy groups -OCH3 is 2. The van der Waals surface area contributed by atoms with E-state index in [1.165, 1.54) is 0 Å². The van der Waals surface area contributed by atoms with Gasteiger partial charge in [0.25, 0.3) is 0 Å². The van der Waals surface area contributed by atoms with Gasteiger partial charge >= 0.3 is 0 Å². The van der Waals surface area contributed by atoms with Crippen LogP contribution in [0, 0.1) is 5.92 Å². The van der Waals surface area contributed by atoms with Gasteiger partial charge in [-0.2, -0.15) is 5.10 Å². The van der Waals surface area contributed by atoms with Crippen molar-refractivity contribution in [2.45, 2.75) is 6.42 Å². The quantitative estimate of drug-likeness (QED) is 0.627. The SMILES string of the molecule is COc1ccc(/C=N/NC(=O)[C@H]2CC(=O)N(c3ccc(OC)cc3)C2)cc1. The first-order chi connectivity index (χ1) is 13.1. The maximum absolute atomic E-state index is 12.3. The molecule has 0 aromatic heterocycles. The van der Waals surface area contributed by atoms with Crippen molar-refractivity contribution >= 4 is 23.7 Å². The van der Waals surface area contributed by atoms with E-state index in [4.69, 9.17) is 9.47 Å². The normalized spacial score (nSPS) is 16.6. The van der Waals surface area contributed by atoms with Crippen LogP contribution in [0.2, 0.25) is 0 Å². The number of hydrogen-bond donors (Lipinski definition) is 1. The molecule has 2 aromatic rings. The lowest BCUT2D eigenvalue weighted by molar-refractivity contribution is -0.126. The molecule has 0 unspecified atom stereocenters. The average Bonchev–Trinajstić information content (AvgIpc) is 3.10. The standard InChI is InChI=1S/C20H21N3O4/c1-26-17-7-3-14(4-8-17)12-21-22-20(25)15-11-19(24)23(13-15)16-5-9-18(27-2)10-6-16/h3-10,12,15H,11,13H2,1-2H3,(H,22,25)/b21-12+/t15-/m0/s1. The third-order valence-electron chi connectivity index (χ3n) is 4.38. The monoisotopic (exact) mass is 367 g/mol. The van der Waals surface area contributed by atoms with E-state index in [0.717, 1.165) is 17.0 Å². The molecule has 1 fully saturated rings. The summed E-state index contributed by atoms with van der Waals surface area (Å²) >= 11 is 0. The van der Waals surface area contributed by atoms with Crippen molar-refractivity contribution in [3.05, 3.63) is 54.1 Å². The van der Waals surface area contributed by atoms with Gasteiger partial charge in [0.05, 0.1) is 26.4 Å². The van der Waals surface area contributed by atoms with Gasteiger partial charge in [0.15, 0.2) is 0 Å². The molecule has 1 atom stereocenters. The summed E-state index contributed by atoms with van der Waals surface area (Å²) in [6, 6.07) is 14.5. The molecular weight excluding hydrogens is 346 g/mol. The Labute approximate surface area is 157 Å². The maximum atomic E-state index is 12.3. The van der Waals surface area contributed by atoms with Crippen LogP contribution in [0.4, 0.5) is 5.69 Å². The average molecular weight is 367 g/mol. The molecule has 0 radical (unpaired) electrons. The van der Waals surface area contributed by atoms with Gasteiger partial charge in [-0.15, -0.1) is 0 Å². The van der Waals surface area contributed by atoms with E-state index >= 15 is 0 Å². The van der Waals surface area contributed by atoms with Gasteiger partial charge in [0.2, 0.25) is 11.8 Å². The Balaban J connectivity index is 1.57. The molecule has 0 saturated carbocycles. The Kier molecular flexibility index (Phi) is 5.71. The predicted molar refractivity (Wildman–Crippen MR) is 102 cm³/mol. The van der Waals surface area contributed by atoms with Gasteiger partial charge in [0.1, 0.15) is 11.5 Å². The lowest BCUT2D eigenvalue weighted by atomic mass is 10.1. The number of anilines is 1. The first-order valence-corrected chi connectivity index (χ1v) is 8.52. The molecule has 0 spiro atoms. The van der Waals surface area contributed by atoms with Crippen molar-refractivity contribution in [3.63, 3.8) is 0 Å². The van der Waals surface area contributed by atoms with E-state index in [1.54, 1.807) is 49.6 Å². The molecule has 7 heteroatoms. The van der Waals surface area contributed by atoms with E-state index < -0.39 is 5.92 Å². The second-order valence-corrected chi connectivity index (χ2v) is 6.11. The summed E-state index contributed by atoms with van der Waals surface area (Å²) in [4.78, 5) is 26.2. The molecule has 0 bridgehead atoms. The smallest absolute Gasteiger partial charge is 0.245 e. The zero-order valence-electron chi connectivity index (χ0n) is 15.2. The molecule has 1 N–H and O–H groups in total. The number of hydrogen-bond acceptors (Lipinski definition) is 5. The summed E-state index contributed by atoms with van der Waals surface area (Å²) < 4.78 is 10.2. The summed E-state index contributed by atoms with van der Waals surface area (Å²) in [5.74, 6) is 0.669. The number of hydrazone groups is 1. The molecule has 1 saturated heterocycles. The molecule has 140 valence electrons. The predicted octanol–water partition coefficient (Wildman–Crippen LogP) is 2.21. The summed E-state index contributed by atoms with van der Waals surface area (Å²) in [6.45, 7) is 0.328. The Hall–Kier alpha value is -3.35. The number of benzene rings is 2. The number of amides is 2. The number of carbonyl (C=O) groups is 2. The largest absolute Gasteiger partial charge is 0.497 e. The number of nitrogens with one attached hydrogen (secondary N) is 1. The number of ether oxygens (including phenoxy) is 2. The highest BCUT2D eigenvalue weighted by Gasteiger charge is 2.35. The highest BCUT2D eigenvalue weighted by molar-refractivity contribution is 6.00. The molecule has 27 heavy (non-hydrogen) atoms. The second kappa shape index (κ2) is 8.35. The third kappa shape index (κ3) is 4.44. The van der Waals surface area contributed by atoms with Crippen LogP contribution < -0.4 is 19.8 Å². The number of carbonyl (C=O) groups excluding carboxylic acids is 2. The van der Waals surface area contributed by atoms with Gasteiger partial charge in [-0.1, -0.05) is 0 Å². The first kappa shape index (κ1) is 18.4.